The van der Waals surface area contributed by atoms with Gasteiger partial charge in [-0.1, -0.05) is 48.5 Å². The monoisotopic (exact) mass is 575 g/mol. The number of methoxy groups -OCH3 is 3. The van der Waals surface area contributed by atoms with Crippen LogP contribution in [0.3, 0.4) is 0 Å². The zero-order chi connectivity index (χ0) is 30.2. The maximum atomic E-state index is 13.5. The zero-order valence-corrected chi connectivity index (χ0v) is 25.1. The molecule has 7 heteroatoms. The molecule has 1 N–H and O–H groups in total. The van der Waals surface area contributed by atoms with Gasteiger partial charge in [0.1, 0.15) is 5.75 Å². The lowest BCUT2D eigenvalue weighted by molar-refractivity contribution is 0.102. The standard InChI is InChI=1S/C36H37N3O4/c1-39(24-26-16-19-34(42-3)35(21-26)43-4)20-8-9-25-14-17-28(18-15-25)37-36(40)31-23-33(27-10-7-11-29(22-27)41-2)38-32-13-6-5-12-30(31)32/h5-7,10-19,21-23H,8-9,20,24H2,1-4H3,(H,37,40). The van der Waals surface area contributed by atoms with Crippen molar-refractivity contribution in [1.29, 1.82) is 0 Å². The van der Waals surface area contributed by atoms with Crippen molar-refractivity contribution in [3.8, 4) is 28.5 Å². The lowest BCUT2D eigenvalue weighted by Crippen LogP contribution is -2.19. The highest BCUT2D eigenvalue weighted by atomic mass is 16.5. The average Bonchev–Trinajstić information content (AvgIpc) is 3.04. The Balaban J connectivity index is 1.21. The van der Waals surface area contributed by atoms with E-state index in [1.165, 1.54) is 11.1 Å². The Hall–Kier alpha value is -4.88. The minimum atomic E-state index is -0.174. The number of benzene rings is 4. The van der Waals surface area contributed by atoms with E-state index in [2.05, 4.69) is 35.5 Å². The molecule has 220 valence electrons. The van der Waals surface area contributed by atoms with E-state index in [-0.39, 0.29) is 5.91 Å². The number of para-hydroxylation sites is 1. The molecule has 43 heavy (non-hydrogen) atoms. The van der Waals surface area contributed by atoms with Crippen molar-refractivity contribution >= 4 is 22.5 Å². The third-order valence-corrected chi connectivity index (χ3v) is 7.44. The Morgan fingerprint density at radius 2 is 1.56 bits per heavy atom. The second-order valence-electron chi connectivity index (χ2n) is 10.5. The van der Waals surface area contributed by atoms with Crippen molar-refractivity contribution in [3.63, 3.8) is 0 Å². The number of pyridine rings is 1. The van der Waals surface area contributed by atoms with E-state index in [1.54, 1.807) is 21.3 Å². The molecule has 7 nitrogen and oxygen atoms in total. The summed E-state index contributed by atoms with van der Waals surface area (Å²) >= 11 is 0. The summed E-state index contributed by atoms with van der Waals surface area (Å²) in [7, 11) is 7.06. The highest BCUT2D eigenvalue weighted by Gasteiger charge is 2.15. The molecular formula is C36H37N3O4. The number of fused-ring (bicyclic) bond motifs is 1. The minimum Gasteiger partial charge on any atom is -0.497 e. The summed E-state index contributed by atoms with van der Waals surface area (Å²) in [5.74, 6) is 2.05. The van der Waals surface area contributed by atoms with E-state index >= 15 is 0 Å². The van der Waals surface area contributed by atoms with Crippen molar-refractivity contribution in [3.05, 3.63) is 114 Å². The highest BCUT2D eigenvalue weighted by molar-refractivity contribution is 6.13. The van der Waals surface area contributed by atoms with E-state index in [0.717, 1.165) is 65.3 Å². The minimum absolute atomic E-state index is 0.174. The Bertz CT molecular complexity index is 1700. The first-order valence-electron chi connectivity index (χ1n) is 14.3. The second kappa shape index (κ2) is 13.9. The molecule has 5 aromatic rings. The molecule has 0 aliphatic carbocycles. The molecule has 1 amide bonds. The number of anilines is 1. The van der Waals surface area contributed by atoms with Crippen LogP contribution in [0.15, 0.2) is 97.1 Å². The lowest BCUT2D eigenvalue weighted by Gasteiger charge is -2.18. The van der Waals surface area contributed by atoms with Crippen molar-refractivity contribution in [2.24, 2.45) is 0 Å². The van der Waals surface area contributed by atoms with E-state index in [0.29, 0.717) is 11.3 Å². The van der Waals surface area contributed by atoms with Gasteiger partial charge in [-0.15, -0.1) is 0 Å². The summed E-state index contributed by atoms with van der Waals surface area (Å²) in [5, 5.41) is 3.89. The molecule has 0 bridgehead atoms. The maximum Gasteiger partial charge on any atom is 0.256 e. The highest BCUT2D eigenvalue weighted by Crippen LogP contribution is 2.29. The predicted molar refractivity (Wildman–Crippen MR) is 172 cm³/mol. The molecule has 0 aliphatic heterocycles. The van der Waals surface area contributed by atoms with Gasteiger partial charge in [0.05, 0.1) is 38.1 Å². The fraction of sp³-hybridized carbons (Fsp3) is 0.222. The third-order valence-electron chi connectivity index (χ3n) is 7.44. The quantitative estimate of drug-likeness (QED) is 0.169. The number of aryl methyl sites for hydroxylation is 1. The van der Waals surface area contributed by atoms with Crippen molar-refractivity contribution in [1.82, 2.24) is 9.88 Å². The fourth-order valence-corrected chi connectivity index (χ4v) is 5.17. The van der Waals surface area contributed by atoms with Crippen molar-refractivity contribution < 1.29 is 19.0 Å². The number of hydrogen-bond donors (Lipinski definition) is 1. The second-order valence-corrected chi connectivity index (χ2v) is 10.5. The number of nitrogens with zero attached hydrogens (tertiary/aromatic N) is 2. The lowest BCUT2D eigenvalue weighted by atomic mass is 10.0. The fourth-order valence-electron chi connectivity index (χ4n) is 5.17. The summed E-state index contributed by atoms with van der Waals surface area (Å²) in [6.07, 6.45) is 1.97. The molecule has 0 unspecified atom stereocenters. The van der Waals surface area contributed by atoms with Gasteiger partial charge < -0.3 is 24.4 Å². The summed E-state index contributed by atoms with van der Waals surface area (Å²) in [6, 6.07) is 31.4. The van der Waals surface area contributed by atoms with Crippen LogP contribution in [0.2, 0.25) is 0 Å². The number of hydrogen-bond acceptors (Lipinski definition) is 6. The van der Waals surface area contributed by atoms with Crippen LogP contribution < -0.4 is 19.5 Å². The van der Waals surface area contributed by atoms with Gasteiger partial charge in [-0.05, 0) is 86.1 Å². The zero-order valence-electron chi connectivity index (χ0n) is 25.1. The molecule has 0 fully saturated rings. The van der Waals surface area contributed by atoms with Crippen molar-refractivity contribution in [2.45, 2.75) is 19.4 Å². The SMILES string of the molecule is COc1cccc(-c2cc(C(=O)Nc3ccc(CCCN(C)Cc4ccc(OC)c(OC)c4)cc3)c3ccccc3n2)c1. The smallest absolute Gasteiger partial charge is 0.256 e. The third kappa shape index (κ3) is 7.31. The molecule has 0 saturated heterocycles. The number of carbonyl (C=O) groups is 1. The van der Waals surface area contributed by atoms with E-state index in [1.807, 2.05) is 78.9 Å². The van der Waals surface area contributed by atoms with Crippen LogP contribution >= 0.6 is 0 Å². The summed E-state index contributed by atoms with van der Waals surface area (Å²) < 4.78 is 16.2. The van der Waals surface area contributed by atoms with Crippen LogP contribution in [0.4, 0.5) is 5.69 Å². The first kappa shape index (κ1) is 29.6. The first-order valence-corrected chi connectivity index (χ1v) is 14.3. The average molecular weight is 576 g/mol. The number of nitrogens with one attached hydrogen (secondary N) is 1. The van der Waals surface area contributed by atoms with Gasteiger partial charge in [0.2, 0.25) is 0 Å². The van der Waals surface area contributed by atoms with Crippen LogP contribution in [0.25, 0.3) is 22.2 Å². The molecular weight excluding hydrogens is 538 g/mol. The first-order chi connectivity index (χ1) is 21.0. The van der Waals surface area contributed by atoms with Gasteiger partial charge in [-0.25, -0.2) is 4.98 Å². The number of amides is 1. The van der Waals surface area contributed by atoms with Gasteiger partial charge >= 0.3 is 0 Å². The maximum absolute atomic E-state index is 13.5. The Morgan fingerprint density at radius 3 is 2.33 bits per heavy atom. The summed E-state index contributed by atoms with van der Waals surface area (Å²) in [4.78, 5) is 20.6. The number of aromatic nitrogens is 1. The molecule has 0 saturated carbocycles. The van der Waals surface area contributed by atoms with E-state index in [9.17, 15) is 4.79 Å². The molecule has 0 aliphatic rings. The van der Waals surface area contributed by atoms with Gasteiger partial charge in [0.15, 0.2) is 11.5 Å². The number of ether oxygens (including phenoxy) is 3. The predicted octanol–water partition coefficient (Wildman–Crippen LogP) is 7.24. The van der Waals surface area contributed by atoms with Crippen LogP contribution in [-0.2, 0) is 13.0 Å². The largest absolute Gasteiger partial charge is 0.497 e. The number of rotatable bonds is 12. The Labute approximate surface area is 253 Å². The van der Waals surface area contributed by atoms with Gasteiger partial charge in [-0.2, -0.15) is 0 Å². The Kier molecular flexibility index (Phi) is 9.54. The van der Waals surface area contributed by atoms with E-state index in [4.69, 9.17) is 19.2 Å². The molecule has 0 spiro atoms. The molecule has 4 aromatic carbocycles. The van der Waals surface area contributed by atoms with Crippen LogP contribution in [0.1, 0.15) is 27.9 Å². The normalized spacial score (nSPS) is 11.0. The molecule has 5 rings (SSSR count). The van der Waals surface area contributed by atoms with Crippen molar-refractivity contribution in [2.75, 3.05) is 40.2 Å². The molecule has 1 heterocycles. The van der Waals surface area contributed by atoms with Crippen LogP contribution in [-0.4, -0.2) is 50.7 Å². The summed E-state index contributed by atoms with van der Waals surface area (Å²) in [6.45, 7) is 1.78. The van der Waals surface area contributed by atoms with Crippen LogP contribution in [0, 0.1) is 0 Å². The molecule has 0 radical (unpaired) electrons. The topological polar surface area (TPSA) is 72.9 Å². The molecule has 1 aromatic heterocycles. The summed E-state index contributed by atoms with van der Waals surface area (Å²) in [5.41, 5.74) is 6.10. The van der Waals surface area contributed by atoms with Gasteiger partial charge in [0, 0.05) is 23.2 Å². The molecule has 0 atom stereocenters. The Morgan fingerprint density at radius 1 is 0.791 bits per heavy atom. The van der Waals surface area contributed by atoms with Crippen LogP contribution in [0.5, 0.6) is 17.2 Å². The van der Waals surface area contributed by atoms with Gasteiger partial charge in [0.25, 0.3) is 5.91 Å². The number of carbonyl (C=O) groups excluding carboxylic acids is 1. The van der Waals surface area contributed by atoms with Gasteiger partial charge in [-0.3, -0.25) is 4.79 Å². The van der Waals surface area contributed by atoms with E-state index < -0.39 is 0 Å².